The number of nitrogens with one attached hydrogen (secondary N) is 2. The molecule has 0 aliphatic carbocycles. The van der Waals surface area contributed by atoms with Crippen LogP contribution in [0.3, 0.4) is 0 Å². The Morgan fingerprint density at radius 2 is 2.14 bits per heavy atom. The maximum absolute atomic E-state index is 11.5. The van der Waals surface area contributed by atoms with Crippen molar-refractivity contribution in [3.8, 4) is 0 Å². The van der Waals surface area contributed by atoms with Gasteiger partial charge in [-0.15, -0.1) is 0 Å². The molecular formula is C14H22N4O3. The quantitative estimate of drug-likeness (QED) is 0.648. The van der Waals surface area contributed by atoms with Gasteiger partial charge in [0.1, 0.15) is 5.82 Å². The standard InChI is InChI=1S/C14H22N4O3/c1-9(2)7-18-13(19)4-5-16-12-6-10(14(20)21-3)11(15)8-17-12/h6,8-9H,4-5,7,15H2,1-3H3,(H,16,17)(H,18,19). The number of carbonyl (C=O) groups excluding carboxylic acids is 2. The molecular weight excluding hydrogens is 272 g/mol. The number of esters is 1. The Hall–Kier alpha value is -2.31. The zero-order valence-electron chi connectivity index (χ0n) is 12.6. The molecule has 0 bridgehead atoms. The van der Waals surface area contributed by atoms with Crippen molar-refractivity contribution >= 4 is 23.4 Å². The van der Waals surface area contributed by atoms with Crippen molar-refractivity contribution in [2.24, 2.45) is 5.92 Å². The fraction of sp³-hybridized carbons (Fsp3) is 0.500. The smallest absolute Gasteiger partial charge is 0.340 e. The molecule has 0 aromatic carbocycles. The topological polar surface area (TPSA) is 106 Å². The highest BCUT2D eigenvalue weighted by atomic mass is 16.5. The Labute approximate surface area is 124 Å². The van der Waals surface area contributed by atoms with Crippen LogP contribution in [0.25, 0.3) is 0 Å². The average molecular weight is 294 g/mol. The first-order chi connectivity index (χ1) is 9.93. The van der Waals surface area contributed by atoms with Crippen LogP contribution in [0.1, 0.15) is 30.6 Å². The number of nitrogens with two attached hydrogens (primary N) is 1. The number of carbonyl (C=O) groups is 2. The Bertz CT molecular complexity index is 503. The number of methoxy groups -OCH3 is 1. The SMILES string of the molecule is COC(=O)c1cc(NCCC(=O)NCC(C)C)ncc1N. The van der Waals surface area contributed by atoms with E-state index in [9.17, 15) is 9.59 Å². The van der Waals surface area contributed by atoms with Crippen molar-refractivity contribution in [2.45, 2.75) is 20.3 Å². The van der Waals surface area contributed by atoms with Crippen LogP contribution in [0.5, 0.6) is 0 Å². The van der Waals surface area contributed by atoms with Crippen LogP contribution < -0.4 is 16.4 Å². The molecule has 1 aromatic rings. The van der Waals surface area contributed by atoms with Gasteiger partial charge in [0, 0.05) is 19.5 Å². The summed E-state index contributed by atoms with van der Waals surface area (Å²) in [7, 11) is 1.29. The maximum Gasteiger partial charge on any atom is 0.340 e. The summed E-state index contributed by atoms with van der Waals surface area (Å²) < 4.78 is 4.63. The number of nitrogen functional groups attached to an aromatic ring is 1. The molecule has 7 heteroatoms. The van der Waals surface area contributed by atoms with E-state index in [0.29, 0.717) is 31.2 Å². The predicted octanol–water partition coefficient (Wildman–Crippen LogP) is 1.02. The Morgan fingerprint density at radius 3 is 2.76 bits per heavy atom. The van der Waals surface area contributed by atoms with Gasteiger partial charge in [-0.05, 0) is 12.0 Å². The monoisotopic (exact) mass is 294 g/mol. The maximum atomic E-state index is 11.5. The molecule has 1 aromatic heterocycles. The predicted molar refractivity (Wildman–Crippen MR) is 80.9 cm³/mol. The third-order valence-electron chi connectivity index (χ3n) is 2.71. The van der Waals surface area contributed by atoms with E-state index in [1.807, 2.05) is 13.8 Å². The largest absolute Gasteiger partial charge is 0.465 e. The number of hydrogen-bond acceptors (Lipinski definition) is 6. The third kappa shape index (κ3) is 5.68. The van der Waals surface area contributed by atoms with Gasteiger partial charge in [0.15, 0.2) is 0 Å². The lowest BCUT2D eigenvalue weighted by Gasteiger charge is -2.10. The van der Waals surface area contributed by atoms with E-state index < -0.39 is 5.97 Å². The van der Waals surface area contributed by atoms with Crippen molar-refractivity contribution in [1.82, 2.24) is 10.3 Å². The number of rotatable bonds is 7. The first-order valence-electron chi connectivity index (χ1n) is 6.78. The molecule has 0 saturated carbocycles. The van der Waals surface area contributed by atoms with Gasteiger partial charge >= 0.3 is 5.97 Å². The summed E-state index contributed by atoms with van der Waals surface area (Å²) in [4.78, 5) is 27.1. The number of aromatic nitrogens is 1. The van der Waals surface area contributed by atoms with Gasteiger partial charge in [-0.3, -0.25) is 4.79 Å². The Morgan fingerprint density at radius 1 is 1.43 bits per heavy atom. The van der Waals surface area contributed by atoms with Gasteiger partial charge in [-0.25, -0.2) is 9.78 Å². The van der Waals surface area contributed by atoms with Gasteiger partial charge in [-0.2, -0.15) is 0 Å². The number of anilines is 2. The van der Waals surface area contributed by atoms with Crippen LogP contribution in [-0.4, -0.2) is 37.1 Å². The highest BCUT2D eigenvalue weighted by molar-refractivity contribution is 5.95. The highest BCUT2D eigenvalue weighted by Crippen LogP contribution is 2.15. The summed E-state index contributed by atoms with van der Waals surface area (Å²) in [5.74, 6) is 0.344. The van der Waals surface area contributed by atoms with Gasteiger partial charge in [0.05, 0.1) is 24.6 Å². The number of hydrogen-bond donors (Lipinski definition) is 3. The Kier molecular flexibility index (Phi) is 6.45. The molecule has 1 amide bonds. The summed E-state index contributed by atoms with van der Waals surface area (Å²) in [6.07, 6.45) is 1.71. The van der Waals surface area contributed by atoms with E-state index in [1.165, 1.54) is 19.4 Å². The van der Waals surface area contributed by atoms with Crippen molar-refractivity contribution in [1.29, 1.82) is 0 Å². The molecule has 7 nitrogen and oxygen atoms in total. The van der Waals surface area contributed by atoms with E-state index in [1.54, 1.807) is 0 Å². The normalized spacial score (nSPS) is 10.3. The fourth-order valence-corrected chi connectivity index (χ4v) is 1.56. The minimum absolute atomic E-state index is 0.0279. The summed E-state index contributed by atoms with van der Waals surface area (Å²) in [6, 6.07) is 1.51. The molecule has 0 atom stereocenters. The summed E-state index contributed by atoms with van der Waals surface area (Å²) >= 11 is 0. The van der Waals surface area contributed by atoms with E-state index in [4.69, 9.17) is 5.73 Å². The zero-order valence-corrected chi connectivity index (χ0v) is 12.6. The first-order valence-corrected chi connectivity index (χ1v) is 6.78. The molecule has 0 aliphatic rings. The van der Waals surface area contributed by atoms with Crippen LogP contribution in [0.4, 0.5) is 11.5 Å². The van der Waals surface area contributed by atoms with Gasteiger partial charge in [0.25, 0.3) is 0 Å². The van der Waals surface area contributed by atoms with Crippen molar-refractivity contribution in [2.75, 3.05) is 31.2 Å². The molecule has 0 spiro atoms. The van der Waals surface area contributed by atoms with Gasteiger partial charge in [0.2, 0.25) is 5.91 Å². The molecule has 0 unspecified atom stereocenters. The van der Waals surface area contributed by atoms with Crippen molar-refractivity contribution in [3.63, 3.8) is 0 Å². The molecule has 0 saturated heterocycles. The minimum Gasteiger partial charge on any atom is -0.465 e. The molecule has 116 valence electrons. The zero-order chi connectivity index (χ0) is 15.8. The number of amides is 1. The highest BCUT2D eigenvalue weighted by Gasteiger charge is 2.11. The lowest BCUT2D eigenvalue weighted by Crippen LogP contribution is -2.28. The molecule has 1 heterocycles. The molecule has 0 fully saturated rings. The van der Waals surface area contributed by atoms with E-state index in [0.717, 1.165) is 0 Å². The minimum atomic E-state index is -0.521. The molecule has 1 rings (SSSR count). The molecule has 21 heavy (non-hydrogen) atoms. The molecule has 0 aliphatic heterocycles. The van der Waals surface area contributed by atoms with Crippen LogP contribution in [0, 0.1) is 5.92 Å². The van der Waals surface area contributed by atoms with Crippen LogP contribution >= 0.6 is 0 Å². The lowest BCUT2D eigenvalue weighted by molar-refractivity contribution is -0.120. The Balaban J connectivity index is 2.49. The second kappa shape index (κ2) is 8.08. The molecule has 0 radical (unpaired) electrons. The number of nitrogens with zero attached hydrogens (tertiary/aromatic N) is 1. The summed E-state index contributed by atoms with van der Waals surface area (Å²) in [5.41, 5.74) is 6.16. The fourth-order valence-electron chi connectivity index (χ4n) is 1.56. The van der Waals surface area contributed by atoms with E-state index in [2.05, 4.69) is 20.4 Å². The van der Waals surface area contributed by atoms with Crippen molar-refractivity contribution in [3.05, 3.63) is 17.8 Å². The van der Waals surface area contributed by atoms with Crippen molar-refractivity contribution < 1.29 is 14.3 Å². The number of pyridine rings is 1. The van der Waals surface area contributed by atoms with Crippen LogP contribution in [-0.2, 0) is 9.53 Å². The second-order valence-corrected chi connectivity index (χ2v) is 5.02. The van der Waals surface area contributed by atoms with E-state index >= 15 is 0 Å². The van der Waals surface area contributed by atoms with E-state index in [-0.39, 0.29) is 17.2 Å². The lowest BCUT2D eigenvalue weighted by atomic mass is 10.2. The first kappa shape index (κ1) is 16.7. The van der Waals surface area contributed by atoms with Gasteiger partial charge in [-0.1, -0.05) is 13.8 Å². The van der Waals surface area contributed by atoms with Crippen LogP contribution in [0.2, 0.25) is 0 Å². The summed E-state index contributed by atoms with van der Waals surface area (Å²) in [5, 5.41) is 5.80. The average Bonchev–Trinajstić information content (AvgIpc) is 2.46. The second-order valence-electron chi connectivity index (χ2n) is 5.02. The summed E-state index contributed by atoms with van der Waals surface area (Å²) in [6.45, 7) is 5.14. The molecule has 4 N–H and O–H groups in total. The van der Waals surface area contributed by atoms with Crippen LogP contribution in [0.15, 0.2) is 12.3 Å². The van der Waals surface area contributed by atoms with Gasteiger partial charge < -0.3 is 21.1 Å². The third-order valence-corrected chi connectivity index (χ3v) is 2.71. The number of ether oxygens (including phenoxy) is 1.